The van der Waals surface area contributed by atoms with Crippen LogP contribution in [0, 0.1) is 0 Å². The Balaban J connectivity index is 2.66. The molecule has 0 saturated carbocycles. The average molecular weight is 229 g/mol. The Morgan fingerprint density at radius 2 is 2.25 bits per heavy atom. The van der Waals surface area contributed by atoms with Crippen LogP contribution in [-0.4, -0.2) is 55.3 Å². The second-order valence-electron chi connectivity index (χ2n) is 3.27. The maximum absolute atomic E-state index is 11.5. The fourth-order valence-corrected chi connectivity index (χ4v) is 1.38. The van der Waals surface area contributed by atoms with Gasteiger partial charge in [-0.3, -0.25) is 4.79 Å². The van der Waals surface area contributed by atoms with Gasteiger partial charge in [-0.1, -0.05) is 0 Å². The van der Waals surface area contributed by atoms with Crippen molar-refractivity contribution in [3.63, 3.8) is 0 Å². The lowest BCUT2D eigenvalue weighted by Crippen LogP contribution is -2.31. The Kier molecular flexibility index (Phi) is 4.30. The van der Waals surface area contributed by atoms with E-state index < -0.39 is 17.6 Å². The molecule has 0 aromatic carbocycles. The highest BCUT2D eigenvalue weighted by Gasteiger charge is 2.34. The summed E-state index contributed by atoms with van der Waals surface area (Å²) in [6.07, 6.45) is 0. The molecule has 0 aliphatic carbocycles. The predicted octanol–water partition coefficient (Wildman–Crippen LogP) is -0.150. The Morgan fingerprint density at radius 1 is 1.56 bits per heavy atom. The standard InChI is InChI=1S/C10H15NO5/c1-3-16-10(14)7-6-11(4-5-15-2)9(13)8(7)12/h12H,3-6H2,1-2H3. The van der Waals surface area contributed by atoms with Crippen LogP contribution in [0.3, 0.4) is 0 Å². The first kappa shape index (κ1) is 12.5. The highest BCUT2D eigenvalue weighted by atomic mass is 16.5. The number of methoxy groups -OCH3 is 1. The smallest absolute Gasteiger partial charge is 0.339 e. The molecule has 0 aromatic rings. The first-order valence-corrected chi connectivity index (χ1v) is 4.99. The zero-order valence-electron chi connectivity index (χ0n) is 9.36. The second kappa shape index (κ2) is 5.50. The summed E-state index contributed by atoms with van der Waals surface area (Å²) in [5.41, 5.74) is 0.0166. The Morgan fingerprint density at radius 3 is 2.81 bits per heavy atom. The minimum Gasteiger partial charge on any atom is -0.503 e. The summed E-state index contributed by atoms with van der Waals surface area (Å²) in [5, 5.41) is 9.47. The van der Waals surface area contributed by atoms with Gasteiger partial charge in [-0.05, 0) is 6.92 Å². The van der Waals surface area contributed by atoms with E-state index in [1.807, 2.05) is 0 Å². The van der Waals surface area contributed by atoms with Crippen LogP contribution in [-0.2, 0) is 19.1 Å². The van der Waals surface area contributed by atoms with Crippen molar-refractivity contribution < 1.29 is 24.2 Å². The number of ether oxygens (including phenoxy) is 2. The van der Waals surface area contributed by atoms with Crippen molar-refractivity contribution >= 4 is 11.9 Å². The Hall–Kier alpha value is -1.56. The lowest BCUT2D eigenvalue weighted by molar-refractivity contribution is -0.138. The Labute approximate surface area is 93.4 Å². The molecule has 0 saturated heterocycles. The molecule has 1 aliphatic heterocycles. The molecule has 0 spiro atoms. The van der Waals surface area contributed by atoms with Gasteiger partial charge in [0, 0.05) is 13.7 Å². The lowest BCUT2D eigenvalue weighted by atomic mass is 10.2. The highest BCUT2D eigenvalue weighted by Crippen LogP contribution is 2.17. The number of hydrogen-bond donors (Lipinski definition) is 1. The molecule has 1 N–H and O–H groups in total. The average Bonchev–Trinajstić information content (AvgIpc) is 2.54. The minimum absolute atomic E-state index is 0.0166. The van der Waals surface area contributed by atoms with Crippen molar-refractivity contribution in [2.75, 3.05) is 33.4 Å². The number of carbonyl (C=O) groups excluding carboxylic acids is 2. The van der Waals surface area contributed by atoms with E-state index in [0.717, 1.165) is 0 Å². The van der Waals surface area contributed by atoms with E-state index in [4.69, 9.17) is 9.47 Å². The third kappa shape index (κ3) is 2.52. The van der Waals surface area contributed by atoms with Crippen LogP contribution in [0.25, 0.3) is 0 Å². The summed E-state index contributed by atoms with van der Waals surface area (Å²) in [6, 6.07) is 0. The van der Waals surface area contributed by atoms with Gasteiger partial charge in [0.1, 0.15) is 5.57 Å². The fourth-order valence-electron chi connectivity index (χ4n) is 1.38. The second-order valence-corrected chi connectivity index (χ2v) is 3.27. The summed E-state index contributed by atoms with van der Waals surface area (Å²) < 4.78 is 9.55. The normalized spacial score (nSPS) is 15.9. The number of hydrogen-bond acceptors (Lipinski definition) is 5. The van der Waals surface area contributed by atoms with Crippen molar-refractivity contribution in [3.05, 3.63) is 11.3 Å². The molecule has 0 bridgehead atoms. The van der Waals surface area contributed by atoms with Crippen LogP contribution in [0.4, 0.5) is 0 Å². The van der Waals surface area contributed by atoms with Gasteiger partial charge in [-0.25, -0.2) is 4.79 Å². The number of amides is 1. The summed E-state index contributed by atoms with van der Waals surface area (Å²) in [6.45, 7) is 2.64. The van der Waals surface area contributed by atoms with E-state index in [1.54, 1.807) is 6.92 Å². The van der Waals surface area contributed by atoms with E-state index >= 15 is 0 Å². The zero-order chi connectivity index (χ0) is 12.1. The largest absolute Gasteiger partial charge is 0.503 e. The van der Waals surface area contributed by atoms with Crippen LogP contribution in [0.1, 0.15) is 6.92 Å². The zero-order valence-corrected chi connectivity index (χ0v) is 9.36. The van der Waals surface area contributed by atoms with E-state index in [9.17, 15) is 14.7 Å². The van der Waals surface area contributed by atoms with Crippen LogP contribution in [0.15, 0.2) is 11.3 Å². The Bertz CT molecular complexity index is 323. The van der Waals surface area contributed by atoms with E-state index in [0.29, 0.717) is 13.2 Å². The molecule has 0 aromatic heterocycles. The molecule has 0 fully saturated rings. The predicted molar refractivity (Wildman–Crippen MR) is 54.7 cm³/mol. The lowest BCUT2D eigenvalue weighted by Gasteiger charge is -2.14. The van der Waals surface area contributed by atoms with Gasteiger partial charge in [0.05, 0.1) is 19.8 Å². The van der Waals surface area contributed by atoms with Crippen molar-refractivity contribution in [2.24, 2.45) is 0 Å². The monoisotopic (exact) mass is 229 g/mol. The first-order valence-electron chi connectivity index (χ1n) is 4.99. The molecule has 0 atom stereocenters. The van der Waals surface area contributed by atoms with Gasteiger partial charge in [0.2, 0.25) is 0 Å². The number of esters is 1. The van der Waals surface area contributed by atoms with Crippen molar-refractivity contribution in [1.29, 1.82) is 0 Å². The molecule has 1 amide bonds. The van der Waals surface area contributed by atoms with Crippen molar-refractivity contribution in [2.45, 2.75) is 6.92 Å². The maximum Gasteiger partial charge on any atom is 0.339 e. The molecular weight excluding hydrogens is 214 g/mol. The SMILES string of the molecule is CCOC(=O)C1=C(O)C(=O)N(CCOC)C1. The third-order valence-corrected chi connectivity index (χ3v) is 2.21. The van der Waals surface area contributed by atoms with E-state index in [-0.39, 0.29) is 18.7 Å². The van der Waals surface area contributed by atoms with E-state index in [1.165, 1.54) is 12.0 Å². The maximum atomic E-state index is 11.5. The molecule has 90 valence electrons. The molecule has 6 nitrogen and oxygen atoms in total. The molecule has 0 radical (unpaired) electrons. The van der Waals surface area contributed by atoms with E-state index in [2.05, 4.69) is 0 Å². The van der Waals surface area contributed by atoms with Gasteiger partial charge in [0.15, 0.2) is 5.76 Å². The summed E-state index contributed by atoms with van der Waals surface area (Å²) in [7, 11) is 1.51. The molecule has 16 heavy (non-hydrogen) atoms. The molecule has 0 unspecified atom stereocenters. The molecule has 1 aliphatic rings. The van der Waals surface area contributed by atoms with Crippen molar-refractivity contribution in [3.8, 4) is 0 Å². The van der Waals surface area contributed by atoms with Gasteiger partial charge >= 0.3 is 5.97 Å². The number of carbonyl (C=O) groups is 2. The number of nitrogens with zero attached hydrogens (tertiary/aromatic N) is 1. The number of aliphatic hydroxyl groups is 1. The molecule has 1 rings (SSSR count). The first-order chi connectivity index (χ1) is 7.61. The molecule has 6 heteroatoms. The van der Waals surface area contributed by atoms with Gasteiger partial charge in [-0.15, -0.1) is 0 Å². The van der Waals surface area contributed by atoms with Gasteiger partial charge in [-0.2, -0.15) is 0 Å². The molecular formula is C10H15NO5. The van der Waals surface area contributed by atoms with Crippen LogP contribution < -0.4 is 0 Å². The summed E-state index contributed by atoms with van der Waals surface area (Å²) in [5.74, 6) is -1.72. The summed E-state index contributed by atoms with van der Waals surface area (Å²) >= 11 is 0. The summed E-state index contributed by atoms with van der Waals surface area (Å²) in [4.78, 5) is 24.2. The van der Waals surface area contributed by atoms with Gasteiger partial charge < -0.3 is 19.5 Å². The number of aliphatic hydroxyl groups excluding tert-OH is 1. The highest BCUT2D eigenvalue weighted by molar-refractivity contribution is 6.05. The molecule has 1 heterocycles. The quantitative estimate of drug-likeness (QED) is 0.663. The fraction of sp³-hybridized carbons (Fsp3) is 0.600. The van der Waals surface area contributed by atoms with Crippen molar-refractivity contribution in [1.82, 2.24) is 4.90 Å². The van der Waals surface area contributed by atoms with Crippen LogP contribution >= 0.6 is 0 Å². The topological polar surface area (TPSA) is 76.1 Å². The van der Waals surface area contributed by atoms with Gasteiger partial charge in [0.25, 0.3) is 5.91 Å². The third-order valence-electron chi connectivity index (χ3n) is 2.21. The van der Waals surface area contributed by atoms with Crippen LogP contribution in [0.5, 0.6) is 0 Å². The van der Waals surface area contributed by atoms with Crippen LogP contribution in [0.2, 0.25) is 0 Å². The number of rotatable bonds is 5. The minimum atomic E-state index is -0.645.